The third-order valence-corrected chi connectivity index (χ3v) is 5.15. The van der Waals surface area contributed by atoms with Crippen LogP contribution in [0.2, 0.25) is 0 Å². The Kier molecular flexibility index (Phi) is 4.53. The molecule has 2 amide bonds. The molecule has 0 bridgehead atoms. The molecular formula is C19H25N3O3. The van der Waals surface area contributed by atoms with Crippen LogP contribution in [0.4, 0.5) is 4.79 Å². The molecule has 25 heavy (non-hydrogen) atoms. The van der Waals surface area contributed by atoms with Gasteiger partial charge >= 0.3 is 6.03 Å². The lowest BCUT2D eigenvalue weighted by molar-refractivity contribution is 0.137. The highest BCUT2D eigenvalue weighted by molar-refractivity contribution is 5.75. The van der Waals surface area contributed by atoms with Crippen molar-refractivity contribution in [3.05, 3.63) is 35.5 Å². The molecule has 1 aromatic carbocycles. The second-order valence-corrected chi connectivity index (χ2v) is 7.06. The first-order valence-electron chi connectivity index (χ1n) is 9.02. The Morgan fingerprint density at radius 1 is 1.20 bits per heavy atom. The second-order valence-electron chi connectivity index (χ2n) is 7.06. The van der Waals surface area contributed by atoms with Crippen molar-refractivity contribution in [3.63, 3.8) is 0 Å². The van der Waals surface area contributed by atoms with Crippen LogP contribution in [0, 0.1) is 5.92 Å². The van der Waals surface area contributed by atoms with Gasteiger partial charge in [-0.3, -0.25) is 4.90 Å². The van der Waals surface area contributed by atoms with Crippen LogP contribution in [0.1, 0.15) is 25.3 Å². The fourth-order valence-electron chi connectivity index (χ4n) is 3.33. The average Bonchev–Trinajstić information content (AvgIpc) is 3.38. The maximum atomic E-state index is 12.3. The van der Waals surface area contributed by atoms with Gasteiger partial charge in [0.15, 0.2) is 11.5 Å². The van der Waals surface area contributed by atoms with Gasteiger partial charge in [0.2, 0.25) is 6.79 Å². The van der Waals surface area contributed by atoms with Crippen molar-refractivity contribution in [1.82, 2.24) is 15.1 Å². The molecule has 2 heterocycles. The van der Waals surface area contributed by atoms with Gasteiger partial charge in [0.05, 0.1) is 0 Å². The van der Waals surface area contributed by atoms with Gasteiger partial charge in [-0.15, -0.1) is 0 Å². The summed E-state index contributed by atoms with van der Waals surface area (Å²) in [7, 11) is 0. The van der Waals surface area contributed by atoms with Crippen molar-refractivity contribution in [2.75, 3.05) is 33.0 Å². The van der Waals surface area contributed by atoms with Crippen molar-refractivity contribution in [3.8, 4) is 11.5 Å². The highest BCUT2D eigenvalue weighted by Gasteiger charge is 2.24. The summed E-state index contributed by atoms with van der Waals surface area (Å²) in [6.07, 6.45) is 4.41. The van der Waals surface area contributed by atoms with Gasteiger partial charge in [-0.05, 0) is 43.4 Å². The molecule has 1 N–H and O–H groups in total. The number of carbonyl (C=O) groups is 1. The Labute approximate surface area is 148 Å². The number of rotatable bonds is 4. The minimum absolute atomic E-state index is 0.0164. The molecule has 0 aromatic heterocycles. The Morgan fingerprint density at radius 3 is 2.72 bits per heavy atom. The molecule has 6 nitrogen and oxygen atoms in total. The fraction of sp³-hybridized carbons (Fsp3) is 0.526. The van der Waals surface area contributed by atoms with Crippen LogP contribution in [-0.4, -0.2) is 48.8 Å². The van der Waals surface area contributed by atoms with E-state index in [0.717, 1.165) is 44.2 Å². The molecule has 2 aliphatic heterocycles. The number of hydrogen-bond donors (Lipinski definition) is 1. The topological polar surface area (TPSA) is 54.0 Å². The third-order valence-electron chi connectivity index (χ3n) is 5.15. The number of urea groups is 1. The molecule has 6 heteroatoms. The van der Waals surface area contributed by atoms with Gasteiger partial charge in [-0.25, -0.2) is 4.79 Å². The zero-order valence-corrected chi connectivity index (χ0v) is 14.7. The summed E-state index contributed by atoms with van der Waals surface area (Å²) in [5.74, 6) is 2.34. The number of hydrogen-bond acceptors (Lipinski definition) is 4. The van der Waals surface area contributed by atoms with E-state index in [2.05, 4.69) is 23.2 Å². The summed E-state index contributed by atoms with van der Waals surface area (Å²) in [5, 5.41) is 2.94. The van der Waals surface area contributed by atoms with E-state index >= 15 is 0 Å². The second kappa shape index (κ2) is 6.96. The average molecular weight is 343 g/mol. The third kappa shape index (κ3) is 3.90. The molecule has 1 saturated carbocycles. The lowest BCUT2D eigenvalue weighted by atomic mass is 10.1. The molecule has 4 rings (SSSR count). The number of fused-ring (bicyclic) bond motifs is 1. The van der Waals surface area contributed by atoms with Crippen LogP contribution in [-0.2, 0) is 6.54 Å². The van der Waals surface area contributed by atoms with E-state index in [1.807, 2.05) is 23.2 Å². The fourth-order valence-corrected chi connectivity index (χ4v) is 3.33. The van der Waals surface area contributed by atoms with Gasteiger partial charge in [0.1, 0.15) is 0 Å². The number of nitrogens with zero attached hydrogens (tertiary/aromatic N) is 2. The van der Waals surface area contributed by atoms with Crippen LogP contribution in [0.25, 0.3) is 0 Å². The minimum atomic E-state index is 0.0164. The predicted molar refractivity (Wildman–Crippen MR) is 94.4 cm³/mol. The summed E-state index contributed by atoms with van der Waals surface area (Å²) < 4.78 is 10.8. The Bertz CT molecular complexity index is 676. The van der Waals surface area contributed by atoms with Gasteiger partial charge in [0, 0.05) is 38.9 Å². The first kappa shape index (κ1) is 16.3. The van der Waals surface area contributed by atoms with E-state index in [9.17, 15) is 4.79 Å². The molecule has 134 valence electrons. The number of nitrogens with one attached hydrogen (secondary N) is 1. The van der Waals surface area contributed by atoms with E-state index in [4.69, 9.17) is 9.47 Å². The molecule has 0 spiro atoms. The first-order chi connectivity index (χ1) is 12.2. The van der Waals surface area contributed by atoms with Crippen molar-refractivity contribution < 1.29 is 14.3 Å². The van der Waals surface area contributed by atoms with Crippen LogP contribution >= 0.6 is 0 Å². The van der Waals surface area contributed by atoms with Crippen molar-refractivity contribution >= 4 is 6.03 Å². The smallest absolute Gasteiger partial charge is 0.321 e. The molecule has 1 aromatic rings. The van der Waals surface area contributed by atoms with Crippen LogP contribution in [0.3, 0.4) is 0 Å². The zero-order valence-electron chi connectivity index (χ0n) is 14.7. The van der Waals surface area contributed by atoms with Crippen LogP contribution < -0.4 is 14.8 Å². The Balaban J connectivity index is 1.25. The van der Waals surface area contributed by atoms with Gasteiger partial charge in [-0.2, -0.15) is 0 Å². The van der Waals surface area contributed by atoms with Crippen LogP contribution in [0.15, 0.2) is 30.0 Å². The molecule has 0 atom stereocenters. The molecule has 3 aliphatic rings. The summed E-state index contributed by atoms with van der Waals surface area (Å²) in [5.41, 5.74) is 2.50. The van der Waals surface area contributed by atoms with Gasteiger partial charge in [-0.1, -0.05) is 11.6 Å². The molecular weight excluding hydrogens is 318 g/mol. The molecule has 0 radical (unpaired) electrons. The van der Waals surface area contributed by atoms with Gasteiger partial charge < -0.3 is 19.7 Å². The zero-order chi connectivity index (χ0) is 17.2. The largest absolute Gasteiger partial charge is 0.454 e. The number of carbonyl (C=O) groups excluding carboxylic acids is 1. The Morgan fingerprint density at radius 2 is 1.96 bits per heavy atom. The van der Waals surface area contributed by atoms with E-state index in [1.165, 1.54) is 24.0 Å². The van der Waals surface area contributed by atoms with Crippen molar-refractivity contribution in [2.24, 2.45) is 5.92 Å². The molecule has 2 fully saturated rings. The summed E-state index contributed by atoms with van der Waals surface area (Å²) in [6.45, 7) is 6.55. The van der Waals surface area contributed by atoms with E-state index in [1.54, 1.807) is 0 Å². The quantitative estimate of drug-likeness (QED) is 0.913. The maximum Gasteiger partial charge on any atom is 0.321 e. The lowest BCUT2D eigenvalue weighted by Crippen LogP contribution is -2.50. The number of allylic oxidation sites excluding steroid dienone is 1. The maximum absolute atomic E-state index is 12.3. The van der Waals surface area contributed by atoms with Crippen molar-refractivity contribution in [2.45, 2.75) is 26.3 Å². The van der Waals surface area contributed by atoms with E-state index in [0.29, 0.717) is 12.7 Å². The van der Waals surface area contributed by atoms with Gasteiger partial charge in [0.25, 0.3) is 0 Å². The number of ether oxygens (including phenoxy) is 2. The summed E-state index contributed by atoms with van der Waals surface area (Å²) >= 11 is 0. The number of benzene rings is 1. The summed E-state index contributed by atoms with van der Waals surface area (Å²) in [4.78, 5) is 16.5. The molecule has 0 unspecified atom stereocenters. The standard InChI is InChI=1S/C19H25N3O3/c1-14(16-3-4-16)11-20-19(23)22-8-6-21(7-9-22)12-15-2-5-17-18(10-15)25-13-24-17/h2,5,10-11,16H,3-4,6-9,12-13H2,1H3,(H,20,23)/b14-11+. The SMILES string of the molecule is C/C(=C\NC(=O)N1CCN(Cc2ccc3c(c2)OCO3)CC1)C1CC1. The number of amides is 2. The Hall–Kier alpha value is -2.21. The minimum Gasteiger partial charge on any atom is -0.454 e. The highest BCUT2D eigenvalue weighted by Crippen LogP contribution is 2.35. The lowest BCUT2D eigenvalue weighted by Gasteiger charge is -2.34. The monoisotopic (exact) mass is 343 g/mol. The highest BCUT2D eigenvalue weighted by atomic mass is 16.7. The van der Waals surface area contributed by atoms with E-state index in [-0.39, 0.29) is 6.03 Å². The van der Waals surface area contributed by atoms with E-state index < -0.39 is 0 Å². The normalized spacial score (nSPS) is 20.7. The number of piperazine rings is 1. The molecule has 1 aliphatic carbocycles. The summed E-state index contributed by atoms with van der Waals surface area (Å²) in [6, 6.07) is 6.11. The van der Waals surface area contributed by atoms with Crippen molar-refractivity contribution in [1.29, 1.82) is 0 Å². The molecule has 1 saturated heterocycles. The predicted octanol–water partition coefficient (Wildman–Crippen LogP) is 2.56. The van der Waals surface area contributed by atoms with Crippen LogP contribution in [0.5, 0.6) is 11.5 Å². The first-order valence-corrected chi connectivity index (χ1v) is 9.02.